The molecule has 0 aromatic carbocycles. The lowest BCUT2D eigenvalue weighted by Gasteiger charge is -2.19. The number of nitrogens with zero attached hydrogens (tertiary/aromatic N) is 4. The van der Waals surface area contributed by atoms with E-state index in [0.717, 1.165) is 0 Å². The Morgan fingerprint density at radius 2 is 2.25 bits per heavy atom. The van der Waals surface area contributed by atoms with Crippen LogP contribution in [0.15, 0.2) is 12.7 Å². The predicted octanol–water partition coefficient (Wildman–Crippen LogP) is -0.255. The number of fused-ring (bicyclic) bond motifs is 1. The van der Waals surface area contributed by atoms with Gasteiger partial charge in [-0.05, 0) is 0 Å². The topological polar surface area (TPSA) is 103 Å². The molecule has 0 amide bonds. The minimum Gasteiger partial charge on any atom is -0.394 e. The van der Waals surface area contributed by atoms with Crippen molar-refractivity contribution in [1.29, 1.82) is 0 Å². The highest BCUT2D eigenvalue weighted by Crippen LogP contribution is 2.33. The van der Waals surface area contributed by atoms with Crippen LogP contribution < -0.4 is 0 Å². The largest absolute Gasteiger partial charge is 0.394 e. The molecular formula is C11H13ClN4O4. The van der Waals surface area contributed by atoms with Crippen molar-refractivity contribution in [1.82, 2.24) is 19.5 Å². The standard InChI is InChI=1S/C11H13ClN4O4/c1-19-8-7(18)5(2-17)20-11(8)16-4-15-6-9(12)13-3-14-10(6)16/h3-5,7-8,11,17-18H,2H2,1H3/t5-,7?,8?,11-/m1/s1. The van der Waals surface area contributed by atoms with Gasteiger partial charge in [-0.2, -0.15) is 0 Å². The number of hydrogen-bond acceptors (Lipinski definition) is 7. The summed E-state index contributed by atoms with van der Waals surface area (Å²) >= 11 is 5.94. The molecule has 9 heteroatoms. The Bertz CT molecular complexity index is 621. The van der Waals surface area contributed by atoms with Gasteiger partial charge in [0.05, 0.1) is 12.9 Å². The first-order valence-corrected chi connectivity index (χ1v) is 6.35. The average molecular weight is 301 g/mol. The van der Waals surface area contributed by atoms with E-state index >= 15 is 0 Å². The first-order valence-electron chi connectivity index (χ1n) is 5.97. The van der Waals surface area contributed by atoms with Gasteiger partial charge in [0.25, 0.3) is 0 Å². The minimum absolute atomic E-state index is 0.236. The van der Waals surface area contributed by atoms with Gasteiger partial charge in [-0.25, -0.2) is 15.0 Å². The van der Waals surface area contributed by atoms with Gasteiger partial charge < -0.3 is 19.7 Å². The lowest BCUT2D eigenvalue weighted by Crippen LogP contribution is -2.34. The molecule has 8 nitrogen and oxygen atoms in total. The summed E-state index contributed by atoms with van der Waals surface area (Å²) in [7, 11) is 1.46. The van der Waals surface area contributed by atoms with Gasteiger partial charge in [-0.15, -0.1) is 0 Å². The molecule has 108 valence electrons. The second-order valence-corrected chi connectivity index (χ2v) is 4.79. The van der Waals surface area contributed by atoms with E-state index in [-0.39, 0.29) is 11.8 Å². The summed E-state index contributed by atoms with van der Waals surface area (Å²) in [6.07, 6.45) is -0.139. The summed E-state index contributed by atoms with van der Waals surface area (Å²) < 4.78 is 12.5. The van der Waals surface area contributed by atoms with Gasteiger partial charge in [-0.3, -0.25) is 4.57 Å². The second-order valence-electron chi connectivity index (χ2n) is 4.43. The third-order valence-electron chi connectivity index (χ3n) is 3.35. The van der Waals surface area contributed by atoms with E-state index < -0.39 is 24.5 Å². The van der Waals surface area contributed by atoms with Crippen LogP contribution >= 0.6 is 11.6 Å². The van der Waals surface area contributed by atoms with Crippen LogP contribution in [0.3, 0.4) is 0 Å². The van der Waals surface area contributed by atoms with Crippen LogP contribution in [0.4, 0.5) is 0 Å². The number of aliphatic hydroxyl groups is 2. The molecule has 0 aliphatic carbocycles. The molecule has 1 aliphatic rings. The van der Waals surface area contributed by atoms with Gasteiger partial charge in [0.2, 0.25) is 0 Å². The Hall–Kier alpha value is -1.32. The minimum atomic E-state index is -0.940. The Morgan fingerprint density at radius 1 is 1.45 bits per heavy atom. The molecule has 1 fully saturated rings. The van der Waals surface area contributed by atoms with E-state index in [4.69, 9.17) is 21.1 Å². The molecule has 3 rings (SSSR count). The van der Waals surface area contributed by atoms with Crippen molar-refractivity contribution in [3.8, 4) is 0 Å². The number of ether oxygens (including phenoxy) is 2. The summed E-state index contributed by atoms with van der Waals surface area (Å²) in [6, 6.07) is 0. The van der Waals surface area contributed by atoms with Crippen LogP contribution in [0.1, 0.15) is 6.23 Å². The molecule has 0 spiro atoms. The van der Waals surface area contributed by atoms with E-state index in [1.54, 1.807) is 4.57 Å². The van der Waals surface area contributed by atoms with Crippen LogP contribution in [0, 0.1) is 0 Å². The number of aliphatic hydroxyl groups excluding tert-OH is 2. The zero-order valence-corrected chi connectivity index (χ0v) is 11.3. The lowest BCUT2D eigenvalue weighted by molar-refractivity contribution is -0.0583. The SMILES string of the molecule is COC1C(O)[C@@H](CO)O[C@H]1n1cnc2c(Cl)ncnc21. The number of imidazole rings is 1. The third-order valence-corrected chi connectivity index (χ3v) is 3.63. The molecular weight excluding hydrogens is 288 g/mol. The van der Waals surface area contributed by atoms with Crippen molar-refractivity contribution in [2.24, 2.45) is 0 Å². The van der Waals surface area contributed by atoms with Crippen molar-refractivity contribution < 1.29 is 19.7 Å². The zero-order chi connectivity index (χ0) is 14.3. The summed E-state index contributed by atoms with van der Waals surface area (Å²) in [5, 5.41) is 19.5. The van der Waals surface area contributed by atoms with Crippen molar-refractivity contribution >= 4 is 22.8 Å². The first kappa shape index (κ1) is 13.7. The summed E-state index contributed by atoms with van der Waals surface area (Å²) in [5.74, 6) is 0. The van der Waals surface area contributed by atoms with E-state index in [9.17, 15) is 10.2 Å². The van der Waals surface area contributed by atoms with Crippen LogP contribution in [-0.4, -0.2) is 61.8 Å². The van der Waals surface area contributed by atoms with Crippen molar-refractivity contribution in [2.75, 3.05) is 13.7 Å². The monoisotopic (exact) mass is 300 g/mol. The first-order chi connectivity index (χ1) is 9.67. The molecule has 20 heavy (non-hydrogen) atoms. The number of rotatable bonds is 3. The highest BCUT2D eigenvalue weighted by atomic mass is 35.5. The van der Waals surface area contributed by atoms with Crippen LogP contribution in [0.2, 0.25) is 5.15 Å². The maximum absolute atomic E-state index is 10.0. The molecule has 2 aromatic rings. The fraction of sp³-hybridized carbons (Fsp3) is 0.545. The van der Waals surface area contributed by atoms with Crippen molar-refractivity contribution in [3.05, 3.63) is 17.8 Å². The van der Waals surface area contributed by atoms with E-state index in [1.807, 2.05) is 0 Å². The van der Waals surface area contributed by atoms with Crippen LogP contribution in [0.25, 0.3) is 11.2 Å². The molecule has 0 saturated carbocycles. The Morgan fingerprint density at radius 3 is 2.95 bits per heavy atom. The van der Waals surface area contributed by atoms with E-state index in [1.165, 1.54) is 19.8 Å². The molecule has 3 heterocycles. The summed E-state index contributed by atoms with van der Waals surface area (Å²) in [6.45, 7) is -0.306. The van der Waals surface area contributed by atoms with Gasteiger partial charge in [0, 0.05) is 7.11 Å². The molecule has 0 radical (unpaired) electrons. The average Bonchev–Trinajstić information content (AvgIpc) is 3.00. The molecule has 2 N–H and O–H groups in total. The van der Waals surface area contributed by atoms with Gasteiger partial charge in [-0.1, -0.05) is 11.6 Å². The van der Waals surface area contributed by atoms with Crippen LogP contribution in [0.5, 0.6) is 0 Å². The normalized spacial score (nSPS) is 30.2. The fourth-order valence-electron chi connectivity index (χ4n) is 2.36. The van der Waals surface area contributed by atoms with E-state index in [2.05, 4.69) is 15.0 Å². The Labute approximate surface area is 118 Å². The Kier molecular flexibility index (Phi) is 3.57. The maximum atomic E-state index is 10.0. The summed E-state index contributed by atoms with van der Waals surface area (Å²) in [4.78, 5) is 12.1. The highest BCUT2D eigenvalue weighted by molar-refractivity contribution is 6.33. The maximum Gasteiger partial charge on any atom is 0.167 e. The van der Waals surface area contributed by atoms with Gasteiger partial charge in [0.15, 0.2) is 17.0 Å². The number of halogens is 1. The van der Waals surface area contributed by atoms with Crippen molar-refractivity contribution in [2.45, 2.75) is 24.5 Å². The lowest BCUT2D eigenvalue weighted by atomic mass is 10.1. The molecule has 0 bridgehead atoms. The summed E-state index contributed by atoms with van der Waals surface area (Å²) in [5.41, 5.74) is 0.914. The van der Waals surface area contributed by atoms with Gasteiger partial charge >= 0.3 is 0 Å². The predicted molar refractivity (Wildman–Crippen MR) is 68.1 cm³/mol. The van der Waals surface area contributed by atoms with E-state index in [0.29, 0.717) is 11.2 Å². The number of aromatic nitrogens is 4. The second kappa shape index (κ2) is 5.23. The zero-order valence-electron chi connectivity index (χ0n) is 10.5. The van der Waals surface area contributed by atoms with Crippen LogP contribution in [-0.2, 0) is 9.47 Å². The van der Waals surface area contributed by atoms with Crippen molar-refractivity contribution in [3.63, 3.8) is 0 Å². The highest BCUT2D eigenvalue weighted by Gasteiger charge is 2.45. The number of hydrogen-bond donors (Lipinski definition) is 2. The molecule has 1 aliphatic heterocycles. The molecule has 4 atom stereocenters. The third kappa shape index (κ3) is 1.97. The van der Waals surface area contributed by atoms with Gasteiger partial charge in [0.1, 0.15) is 30.2 Å². The quantitative estimate of drug-likeness (QED) is 0.753. The smallest absolute Gasteiger partial charge is 0.167 e. The molecule has 1 saturated heterocycles. The molecule has 2 unspecified atom stereocenters. The number of methoxy groups -OCH3 is 1. The fourth-order valence-corrected chi connectivity index (χ4v) is 2.53. The molecule has 2 aromatic heterocycles. The Balaban J connectivity index is 2.04.